The minimum atomic E-state index is 0. The van der Waals surface area contributed by atoms with E-state index in [1.54, 1.807) is 14.2 Å². The van der Waals surface area contributed by atoms with E-state index in [-0.39, 0.29) is 12.4 Å². The molecule has 3 rings (SSSR count). The molecule has 0 radical (unpaired) electrons. The summed E-state index contributed by atoms with van der Waals surface area (Å²) < 4.78 is 10.5. The first kappa shape index (κ1) is 21.6. The summed E-state index contributed by atoms with van der Waals surface area (Å²) >= 11 is 0. The third-order valence-electron chi connectivity index (χ3n) is 5.56. The second-order valence-electron chi connectivity index (χ2n) is 7.27. The van der Waals surface area contributed by atoms with Gasteiger partial charge in [0.1, 0.15) is 11.5 Å². The lowest BCUT2D eigenvalue weighted by Crippen LogP contribution is -2.35. The number of likely N-dealkylation sites (tertiary alicyclic amines) is 1. The number of nitrogens with zero attached hydrogens (tertiary/aromatic N) is 1. The fraction of sp³-hybridized carbons (Fsp3) is 0.478. The minimum absolute atomic E-state index is 0. The van der Waals surface area contributed by atoms with E-state index in [1.807, 2.05) is 6.07 Å². The Bertz CT molecular complexity index is 666. The average Bonchev–Trinajstić information content (AvgIpc) is 2.72. The van der Waals surface area contributed by atoms with Gasteiger partial charge in [-0.1, -0.05) is 24.3 Å². The summed E-state index contributed by atoms with van der Waals surface area (Å²) in [6.07, 6.45) is 6.23. The van der Waals surface area contributed by atoms with Gasteiger partial charge in [0.15, 0.2) is 0 Å². The summed E-state index contributed by atoms with van der Waals surface area (Å²) in [5, 5.41) is 0. The van der Waals surface area contributed by atoms with E-state index in [9.17, 15) is 0 Å². The molecule has 148 valence electrons. The summed E-state index contributed by atoms with van der Waals surface area (Å²) in [7, 11) is 3.45. The van der Waals surface area contributed by atoms with Gasteiger partial charge < -0.3 is 14.4 Å². The van der Waals surface area contributed by atoms with Crippen LogP contribution in [-0.2, 0) is 12.8 Å². The number of hydrogen-bond donors (Lipinski definition) is 0. The van der Waals surface area contributed by atoms with Crippen LogP contribution in [0.15, 0.2) is 48.5 Å². The zero-order valence-electron chi connectivity index (χ0n) is 16.5. The van der Waals surface area contributed by atoms with E-state index in [1.165, 1.54) is 43.5 Å². The molecule has 2 aromatic carbocycles. The van der Waals surface area contributed by atoms with Crippen molar-refractivity contribution in [1.82, 2.24) is 4.90 Å². The van der Waals surface area contributed by atoms with Gasteiger partial charge in [0, 0.05) is 6.54 Å². The molecular formula is C23H32ClNO2. The summed E-state index contributed by atoms with van der Waals surface area (Å²) in [5.74, 6) is 2.76. The van der Waals surface area contributed by atoms with Crippen LogP contribution in [0.1, 0.15) is 30.4 Å². The van der Waals surface area contributed by atoms with Crippen molar-refractivity contribution in [2.24, 2.45) is 5.92 Å². The molecule has 1 aliphatic rings. The predicted molar refractivity (Wildman–Crippen MR) is 114 cm³/mol. The van der Waals surface area contributed by atoms with Crippen molar-refractivity contribution < 1.29 is 9.47 Å². The Hall–Kier alpha value is -1.71. The van der Waals surface area contributed by atoms with Crippen LogP contribution in [0.3, 0.4) is 0 Å². The van der Waals surface area contributed by atoms with E-state index in [4.69, 9.17) is 9.47 Å². The third kappa shape index (κ3) is 6.75. The lowest BCUT2D eigenvalue weighted by atomic mass is 9.90. The lowest BCUT2D eigenvalue weighted by molar-refractivity contribution is 0.181. The van der Waals surface area contributed by atoms with Crippen LogP contribution in [0.25, 0.3) is 0 Å². The Morgan fingerprint density at radius 2 is 1.56 bits per heavy atom. The molecule has 0 aliphatic carbocycles. The first-order valence-corrected chi connectivity index (χ1v) is 9.75. The van der Waals surface area contributed by atoms with Crippen LogP contribution < -0.4 is 9.47 Å². The van der Waals surface area contributed by atoms with Gasteiger partial charge in [0.05, 0.1) is 14.2 Å². The Kier molecular flexibility index (Phi) is 8.96. The monoisotopic (exact) mass is 389 g/mol. The van der Waals surface area contributed by atoms with Crippen molar-refractivity contribution in [2.75, 3.05) is 33.9 Å². The highest BCUT2D eigenvalue weighted by Gasteiger charge is 2.18. The predicted octanol–water partition coefficient (Wildman–Crippen LogP) is 5.01. The number of halogens is 1. The van der Waals surface area contributed by atoms with E-state index < -0.39 is 0 Å². The molecule has 27 heavy (non-hydrogen) atoms. The fourth-order valence-electron chi connectivity index (χ4n) is 3.78. The Morgan fingerprint density at radius 3 is 2.22 bits per heavy atom. The Balaban J connectivity index is 0.00000261. The molecule has 1 saturated heterocycles. The lowest BCUT2D eigenvalue weighted by Gasteiger charge is -2.32. The number of benzene rings is 2. The van der Waals surface area contributed by atoms with Gasteiger partial charge in [-0.2, -0.15) is 0 Å². The van der Waals surface area contributed by atoms with Gasteiger partial charge >= 0.3 is 0 Å². The summed E-state index contributed by atoms with van der Waals surface area (Å²) in [6, 6.07) is 17.0. The number of piperidine rings is 1. The van der Waals surface area contributed by atoms with Crippen molar-refractivity contribution in [2.45, 2.75) is 32.1 Å². The van der Waals surface area contributed by atoms with Gasteiger partial charge in [0.2, 0.25) is 0 Å². The average molecular weight is 390 g/mol. The fourth-order valence-corrected chi connectivity index (χ4v) is 3.78. The van der Waals surface area contributed by atoms with Gasteiger partial charge in [0.25, 0.3) is 0 Å². The third-order valence-corrected chi connectivity index (χ3v) is 5.56. The summed E-state index contributed by atoms with van der Waals surface area (Å²) in [5.41, 5.74) is 2.79. The maximum Gasteiger partial charge on any atom is 0.119 e. The summed E-state index contributed by atoms with van der Waals surface area (Å²) in [6.45, 7) is 3.63. The van der Waals surface area contributed by atoms with Crippen molar-refractivity contribution in [3.05, 3.63) is 59.7 Å². The quantitative estimate of drug-likeness (QED) is 0.633. The molecule has 0 amide bonds. The van der Waals surface area contributed by atoms with Crippen LogP contribution in [0.2, 0.25) is 0 Å². The number of rotatable bonds is 8. The Labute approximate surface area is 170 Å². The first-order valence-electron chi connectivity index (χ1n) is 9.75. The SMILES string of the molecule is COc1ccc(CCN2CCC(CCc3cccc(OC)c3)CC2)cc1.Cl. The van der Waals surface area contributed by atoms with Crippen LogP contribution >= 0.6 is 12.4 Å². The molecule has 0 spiro atoms. The topological polar surface area (TPSA) is 21.7 Å². The molecule has 2 aromatic rings. The molecule has 1 aliphatic heterocycles. The van der Waals surface area contributed by atoms with Gasteiger partial charge in [-0.3, -0.25) is 0 Å². The highest BCUT2D eigenvalue weighted by molar-refractivity contribution is 5.85. The van der Waals surface area contributed by atoms with Crippen LogP contribution in [-0.4, -0.2) is 38.8 Å². The van der Waals surface area contributed by atoms with Gasteiger partial charge in [-0.15, -0.1) is 12.4 Å². The zero-order valence-corrected chi connectivity index (χ0v) is 17.3. The van der Waals surface area contributed by atoms with E-state index in [2.05, 4.69) is 47.4 Å². The molecule has 0 saturated carbocycles. The number of methoxy groups -OCH3 is 2. The maximum atomic E-state index is 5.32. The van der Waals surface area contributed by atoms with E-state index >= 15 is 0 Å². The highest BCUT2D eigenvalue weighted by Crippen LogP contribution is 2.24. The number of hydrogen-bond acceptors (Lipinski definition) is 3. The van der Waals surface area contributed by atoms with Crippen LogP contribution in [0.4, 0.5) is 0 Å². The maximum absolute atomic E-state index is 5.32. The van der Waals surface area contributed by atoms with Crippen molar-refractivity contribution in [3.8, 4) is 11.5 Å². The molecular weight excluding hydrogens is 358 g/mol. The molecule has 0 N–H and O–H groups in total. The van der Waals surface area contributed by atoms with E-state index in [0.29, 0.717) is 0 Å². The van der Waals surface area contributed by atoms with Gasteiger partial charge in [-0.05, 0) is 86.5 Å². The first-order chi connectivity index (χ1) is 12.8. The minimum Gasteiger partial charge on any atom is -0.497 e. The molecule has 1 fully saturated rings. The second-order valence-corrected chi connectivity index (χ2v) is 7.27. The normalized spacial score (nSPS) is 15.2. The standard InChI is InChI=1S/C23H31NO2.ClH/c1-25-22-10-8-19(9-11-22)12-15-24-16-13-20(14-17-24)6-7-21-4-3-5-23(18-21)26-2;/h3-5,8-11,18,20H,6-7,12-17H2,1-2H3;1H. The molecule has 0 atom stereocenters. The summed E-state index contributed by atoms with van der Waals surface area (Å²) in [4.78, 5) is 2.62. The molecule has 1 heterocycles. The molecule has 0 unspecified atom stereocenters. The molecule has 0 bridgehead atoms. The van der Waals surface area contributed by atoms with E-state index in [0.717, 1.165) is 36.8 Å². The molecule has 4 heteroatoms. The van der Waals surface area contributed by atoms with Crippen molar-refractivity contribution in [1.29, 1.82) is 0 Å². The van der Waals surface area contributed by atoms with Crippen molar-refractivity contribution >= 4 is 12.4 Å². The highest BCUT2D eigenvalue weighted by atomic mass is 35.5. The largest absolute Gasteiger partial charge is 0.497 e. The van der Waals surface area contributed by atoms with Crippen molar-refractivity contribution in [3.63, 3.8) is 0 Å². The smallest absolute Gasteiger partial charge is 0.119 e. The number of ether oxygens (including phenoxy) is 2. The van der Waals surface area contributed by atoms with Gasteiger partial charge in [-0.25, -0.2) is 0 Å². The number of aryl methyl sites for hydroxylation is 1. The second kappa shape index (κ2) is 11.2. The zero-order chi connectivity index (χ0) is 18.2. The molecule has 0 aromatic heterocycles. The van der Waals surface area contributed by atoms with Crippen LogP contribution in [0, 0.1) is 5.92 Å². The molecule has 3 nitrogen and oxygen atoms in total. The Morgan fingerprint density at radius 1 is 0.852 bits per heavy atom. The van der Waals surface area contributed by atoms with Crippen LogP contribution in [0.5, 0.6) is 11.5 Å².